The molecule has 26 heavy (non-hydrogen) atoms. The van der Waals surface area contributed by atoms with Crippen LogP contribution in [0.1, 0.15) is 40.0 Å². The fraction of sp³-hybridized carbons (Fsp3) is 0.278. The first-order chi connectivity index (χ1) is 12.5. The Bertz CT molecular complexity index is 890. The maximum Gasteiger partial charge on any atom is 0.273 e. The maximum absolute atomic E-state index is 12.3. The Morgan fingerprint density at radius 2 is 2.15 bits per heavy atom. The smallest absolute Gasteiger partial charge is 0.273 e. The quantitative estimate of drug-likeness (QED) is 0.682. The van der Waals surface area contributed by atoms with Gasteiger partial charge in [-0.15, -0.1) is 11.3 Å². The van der Waals surface area contributed by atoms with Gasteiger partial charge in [0, 0.05) is 11.4 Å². The van der Waals surface area contributed by atoms with E-state index in [1.165, 1.54) is 6.26 Å². The predicted octanol–water partition coefficient (Wildman–Crippen LogP) is 3.52. The number of hydrogen-bond acceptors (Lipinski definition) is 7. The molecule has 1 N–H and O–H groups in total. The maximum atomic E-state index is 12.3. The van der Waals surface area contributed by atoms with Crippen LogP contribution in [0.4, 0.5) is 0 Å². The normalized spacial score (nSPS) is 11.8. The van der Waals surface area contributed by atoms with Gasteiger partial charge in [-0.1, -0.05) is 6.07 Å². The molecule has 0 spiro atoms. The van der Waals surface area contributed by atoms with Gasteiger partial charge in [0.1, 0.15) is 17.8 Å². The number of thiazole rings is 1. The van der Waals surface area contributed by atoms with Crippen molar-refractivity contribution in [2.75, 3.05) is 7.11 Å². The van der Waals surface area contributed by atoms with Gasteiger partial charge in [0.2, 0.25) is 5.89 Å². The monoisotopic (exact) mass is 373 g/mol. The van der Waals surface area contributed by atoms with Crippen LogP contribution in [0.5, 0.6) is 11.5 Å². The number of ether oxygens (including phenoxy) is 2. The fourth-order valence-electron chi connectivity index (χ4n) is 2.24. The van der Waals surface area contributed by atoms with E-state index in [1.54, 1.807) is 30.6 Å². The molecule has 2 aromatic heterocycles. The second-order valence-corrected chi connectivity index (χ2v) is 6.64. The second kappa shape index (κ2) is 8.01. The van der Waals surface area contributed by atoms with Crippen molar-refractivity contribution in [3.8, 4) is 11.5 Å². The average molecular weight is 373 g/mol. The Balaban J connectivity index is 1.57. The van der Waals surface area contributed by atoms with Gasteiger partial charge in [-0.3, -0.25) is 4.79 Å². The molecule has 2 heterocycles. The lowest BCUT2D eigenvalue weighted by molar-refractivity contribution is 0.0934. The lowest BCUT2D eigenvalue weighted by atomic mass is 10.2. The molecule has 0 bridgehead atoms. The molecule has 1 atom stereocenters. The topological polar surface area (TPSA) is 86.5 Å². The van der Waals surface area contributed by atoms with E-state index in [9.17, 15) is 4.79 Å². The molecule has 0 saturated carbocycles. The highest BCUT2D eigenvalue weighted by Gasteiger charge is 2.17. The van der Waals surface area contributed by atoms with Crippen molar-refractivity contribution in [1.29, 1.82) is 0 Å². The first kappa shape index (κ1) is 17.9. The largest absolute Gasteiger partial charge is 0.497 e. The molecule has 3 rings (SSSR count). The fourth-order valence-corrected chi connectivity index (χ4v) is 2.95. The minimum Gasteiger partial charge on any atom is -0.497 e. The van der Waals surface area contributed by atoms with E-state index in [4.69, 9.17) is 13.9 Å². The highest BCUT2D eigenvalue weighted by atomic mass is 32.1. The number of methoxy groups -OCH3 is 1. The molecule has 136 valence electrons. The summed E-state index contributed by atoms with van der Waals surface area (Å²) in [7, 11) is 1.59. The van der Waals surface area contributed by atoms with E-state index in [0.717, 1.165) is 10.7 Å². The minimum absolute atomic E-state index is 0.112. The molecule has 7 nitrogen and oxygen atoms in total. The van der Waals surface area contributed by atoms with E-state index >= 15 is 0 Å². The van der Waals surface area contributed by atoms with Crippen molar-refractivity contribution < 1.29 is 18.7 Å². The summed E-state index contributed by atoms with van der Waals surface area (Å²) in [6, 6.07) is 7.00. The van der Waals surface area contributed by atoms with Crippen LogP contribution in [-0.2, 0) is 6.61 Å². The molecule has 0 aliphatic heterocycles. The van der Waals surface area contributed by atoms with E-state index in [2.05, 4.69) is 15.3 Å². The number of carbonyl (C=O) groups is 1. The number of benzene rings is 1. The predicted molar refractivity (Wildman–Crippen MR) is 96.6 cm³/mol. The molecular formula is C18H19N3O4S. The van der Waals surface area contributed by atoms with Crippen LogP contribution in [0.2, 0.25) is 0 Å². The van der Waals surface area contributed by atoms with Crippen molar-refractivity contribution in [2.45, 2.75) is 26.5 Å². The number of hydrogen-bond donors (Lipinski definition) is 1. The first-order valence-corrected chi connectivity index (χ1v) is 8.87. The third-order valence-corrected chi connectivity index (χ3v) is 4.41. The number of oxazole rings is 1. The molecule has 0 radical (unpaired) electrons. The Morgan fingerprint density at radius 1 is 1.35 bits per heavy atom. The van der Waals surface area contributed by atoms with E-state index in [0.29, 0.717) is 17.4 Å². The summed E-state index contributed by atoms with van der Waals surface area (Å²) < 4.78 is 16.1. The Labute approximate surface area is 155 Å². The van der Waals surface area contributed by atoms with Crippen LogP contribution in [0.25, 0.3) is 0 Å². The number of nitrogens with one attached hydrogen (secondary N) is 1. The summed E-state index contributed by atoms with van der Waals surface area (Å²) in [6.07, 6.45) is 1.32. The van der Waals surface area contributed by atoms with Gasteiger partial charge < -0.3 is 19.2 Å². The summed E-state index contributed by atoms with van der Waals surface area (Å²) >= 11 is 1.54. The van der Waals surface area contributed by atoms with Crippen LogP contribution in [-0.4, -0.2) is 23.0 Å². The molecule has 1 amide bonds. The van der Waals surface area contributed by atoms with Gasteiger partial charge >= 0.3 is 0 Å². The number of amides is 1. The van der Waals surface area contributed by atoms with Crippen molar-refractivity contribution in [2.24, 2.45) is 0 Å². The molecular weight excluding hydrogens is 354 g/mol. The zero-order valence-corrected chi connectivity index (χ0v) is 15.5. The van der Waals surface area contributed by atoms with Crippen molar-refractivity contribution in [1.82, 2.24) is 15.3 Å². The van der Waals surface area contributed by atoms with Crippen molar-refractivity contribution in [3.05, 3.63) is 58.2 Å². The SMILES string of the molecule is COc1cccc(OCc2nc(C(=O)N[C@@H](C)c3csc(C)n3)co2)c1. The number of carbonyl (C=O) groups excluding carboxylic acids is 1. The first-order valence-electron chi connectivity index (χ1n) is 7.99. The van der Waals surface area contributed by atoms with Gasteiger partial charge in [-0.2, -0.15) is 0 Å². The second-order valence-electron chi connectivity index (χ2n) is 5.58. The van der Waals surface area contributed by atoms with E-state index < -0.39 is 0 Å². The molecule has 0 aliphatic carbocycles. The summed E-state index contributed by atoms with van der Waals surface area (Å²) in [5.74, 6) is 1.32. The standard InChI is InChI=1S/C18H19N3O4S/c1-11(16-10-26-12(2)20-16)19-18(22)15-8-25-17(21-15)9-24-14-6-4-5-13(7-14)23-3/h4-8,10-11H,9H2,1-3H3,(H,19,22)/t11-/m0/s1. The molecule has 0 unspecified atom stereocenters. The highest BCUT2D eigenvalue weighted by molar-refractivity contribution is 7.09. The van der Waals surface area contributed by atoms with E-state index in [-0.39, 0.29) is 24.2 Å². The molecule has 0 aliphatic rings. The number of rotatable bonds is 7. The Kier molecular flexibility index (Phi) is 5.52. The molecule has 1 aromatic carbocycles. The third-order valence-electron chi connectivity index (χ3n) is 3.62. The molecule has 0 saturated heterocycles. The van der Waals surface area contributed by atoms with Gasteiger partial charge in [0.25, 0.3) is 5.91 Å². The van der Waals surface area contributed by atoms with Crippen molar-refractivity contribution in [3.63, 3.8) is 0 Å². The highest BCUT2D eigenvalue weighted by Crippen LogP contribution is 2.20. The lowest BCUT2D eigenvalue weighted by Crippen LogP contribution is -2.27. The lowest BCUT2D eigenvalue weighted by Gasteiger charge is -2.09. The van der Waals surface area contributed by atoms with Crippen LogP contribution < -0.4 is 14.8 Å². The van der Waals surface area contributed by atoms with Crippen molar-refractivity contribution >= 4 is 17.2 Å². The molecule has 8 heteroatoms. The Hall–Kier alpha value is -2.87. The van der Waals surface area contributed by atoms with Gasteiger partial charge in [-0.25, -0.2) is 9.97 Å². The molecule has 3 aromatic rings. The van der Waals surface area contributed by atoms with Gasteiger partial charge in [0.15, 0.2) is 12.3 Å². The van der Waals surface area contributed by atoms with E-state index in [1.807, 2.05) is 31.4 Å². The summed E-state index contributed by atoms with van der Waals surface area (Å²) in [4.78, 5) is 20.8. The summed E-state index contributed by atoms with van der Waals surface area (Å²) in [6.45, 7) is 3.91. The van der Waals surface area contributed by atoms with Crippen LogP contribution >= 0.6 is 11.3 Å². The van der Waals surface area contributed by atoms with Crippen LogP contribution in [0.15, 0.2) is 40.3 Å². The van der Waals surface area contributed by atoms with Gasteiger partial charge in [-0.05, 0) is 26.0 Å². The Morgan fingerprint density at radius 3 is 2.88 bits per heavy atom. The van der Waals surface area contributed by atoms with Crippen LogP contribution in [0, 0.1) is 6.92 Å². The van der Waals surface area contributed by atoms with Crippen LogP contribution in [0.3, 0.4) is 0 Å². The minimum atomic E-state index is -0.320. The molecule has 0 fully saturated rings. The number of aryl methyl sites for hydroxylation is 1. The number of aromatic nitrogens is 2. The summed E-state index contributed by atoms with van der Waals surface area (Å²) in [5, 5.41) is 5.74. The zero-order chi connectivity index (χ0) is 18.5. The average Bonchev–Trinajstić information content (AvgIpc) is 3.29. The third kappa shape index (κ3) is 4.40. The van der Waals surface area contributed by atoms with Gasteiger partial charge in [0.05, 0.1) is 23.9 Å². The number of nitrogens with zero attached hydrogens (tertiary/aromatic N) is 2. The zero-order valence-electron chi connectivity index (χ0n) is 14.7. The summed E-state index contributed by atoms with van der Waals surface area (Å²) in [5.41, 5.74) is 1.03.